The lowest BCUT2D eigenvalue weighted by atomic mass is 9.98. The molecule has 0 fully saturated rings. The Bertz CT molecular complexity index is 958. The highest BCUT2D eigenvalue weighted by Gasteiger charge is 2.29. The van der Waals surface area contributed by atoms with Gasteiger partial charge in [-0.2, -0.15) is 0 Å². The van der Waals surface area contributed by atoms with E-state index in [1.807, 2.05) is 31.2 Å². The van der Waals surface area contributed by atoms with Gasteiger partial charge in [-0.1, -0.05) is 69.3 Å². The number of carboxylic acid groups (broad SMARTS) is 1. The van der Waals surface area contributed by atoms with Crippen LogP contribution >= 0.6 is 0 Å². The highest BCUT2D eigenvalue weighted by molar-refractivity contribution is 5.83. The van der Waals surface area contributed by atoms with Gasteiger partial charge in [0.1, 0.15) is 12.6 Å². The number of amides is 2. The molecule has 2 aromatic carbocycles. The number of alkyl carbamates (subject to hydrolysis) is 1. The van der Waals surface area contributed by atoms with Gasteiger partial charge in [0.25, 0.3) is 0 Å². The molecule has 0 bridgehead atoms. The van der Waals surface area contributed by atoms with Crippen molar-refractivity contribution in [1.82, 2.24) is 10.6 Å². The largest absolute Gasteiger partial charge is 0.480 e. The standard InChI is InChI=1S/C26H32N2O5/c1-16(2)24(25(30)31)28-23(29)14-17(3)12-13-27-26(32)33-15-22-20-10-6-4-8-18(20)19-9-5-7-11-21(19)22/h4-11,16-17,22,24H,12-15H2,1-3H3,(H,27,32)(H,28,29)(H,30,31)/t17?,24-/m0/s1. The number of hydrogen-bond donors (Lipinski definition) is 3. The van der Waals surface area contributed by atoms with Crippen molar-refractivity contribution >= 4 is 18.0 Å². The summed E-state index contributed by atoms with van der Waals surface area (Å²) in [5, 5.41) is 14.5. The van der Waals surface area contributed by atoms with Crippen LogP contribution in [0.2, 0.25) is 0 Å². The van der Waals surface area contributed by atoms with Crippen LogP contribution in [0.4, 0.5) is 4.79 Å². The molecule has 1 aliphatic rings. The maximum atomic E-state index is 12.2. The Balaban J connectivity index is 1.42. The minimum Gasteiger partial charge on any atom is -0.480 e. The van der Waals surface area contributed by atoms with Crippen molar-refractivity contribution in [2.24, 2.45) is 11.8 Å². The highest BCUT2D eigenvalue weighted by atomic mass is 16.5. The maximum Gasteiger partial charge on any atom is 0.407 e. The number of aliphatic carboxylic acids is 1. The summed E-state index contributed by atoms with van der Waals surface area (Å²) in [6.45, 7) is 6.02. The summed E-state index contributed by atoms with van der Waals surface area (Å²) in [5.41, 5.74) is 4.67. The van der Waals surface area contributed by atoms with Crippen LogP contribution in [0.25, 0.3) is 11.1 Å². The Morgan fingerprint density at radius 2 is 1.55 bits per heavy atom. The van der Waals surface area contributed by atoms with Crippen molar-refractivity contribution in [3.63, 3.8) is 0 Å². The first-order valence-electron chi connectivity index (χ1n) is 11.4. The monoisotopic (exact) mass is 452 g/mol. The van der Waals surface area contributed by atoms with Crippen LogP contribution in [0.15, 0.2) is 48.5 Å². The Morgan fingerprint density at radius 1 is 0.970 bits per heavy atom. The van der Waals surface area contributed by atoms with Gasteiger partial charge in [-0.15, -0.1) is 0 Å². The minimum absolute atomic E-state index is 0.00825. The van der Waals surface area contributed by atoms with E-state index in [0.29, 0.717) is 13.0 Å². The van der Waals surface area contributed by atoms with Crippen molar-refractivity contribution in [3.8, 4) is 11.1 Å². The summed E-state index contributed by atoms with van der Waals surface area (Å²) >= 11 is 0. The summed E-state index contributed by atoms with van der Waals surface area (Å²) in [7, 11) is 0. The summed E-state index contributed by atoms with van der Waals surface area (Å²) in [6.07, 6.45) is 0.291. The van der Waals surface area contributed by atoms with Gasteiger partial charge in [0.2, 0.25) is 5.91 Å². The molecule has 0 radical (unpaired) electrons. The number of carboxylic acids is 1. The summed E-state index contributed by atoms with van der Waals surface area (Å²) in [5.74, 6) is -1.54. The number of hydrogen-bond acceptors (Lipinski definition) is 4. The van der Waals surface area contributed by atoms with E-state index in [-0.39, 0.29) is 36.7 Å². The molecule has 2 atom stereocenters. The van der Waals surface area contributed by atoms with Crippen molar-refractivity contribution in [2.75, 3.05) is 13.2 Å². The number of fused-ring (bicyclic) bond motifs is 3. The lowest BCUT2D eigenvalue weighted by Gasteiger charge is -2.19. The molecule has 0 aliphatic heterocycles. The average molecular weight is 453 g/mol. The van der Waals surface area contributed by atoms with Crippen LogP contribution < -0.4 is 10.6 Å². The van der Waals surface area contributed by atoms with Crippen LogP contribution in [0.5, 0.6) is 0 Å². The quantitative estimate of drug-likeness (QED) is 0.502. The molecule has 1 unspecified atom stereocenters. The third kappa shape index (κ3) is 6.12. The second-order valence-corrected chi connectivity index (χ2v) is 8.98. The smallest absolute Gasteiger partial charge is 0.407 e. The third-order valence-corrected chi connectivity index (χ3v) is 6.03. The molecule has 2 amide bonds. The van der Waals surface area contributed by atoms with E-state index in [0.717, 1.165) is 11.1 Å². The van der Waals surface area contributed by atoms with Crippen molar-refractivity contribution in [1.29, 1.82) is 0 Å². The van der Waals surface area contributed by atoms with E-state index in [4.69, 9.17) is 4.74 Å². The molecule has 2 aromatic rings. The van der Waals surface area contributed by atoms with Crippen LogP contribution in [0, 0.1) is 11.8 Å². The van der Waals surface area contributed by atoms with Crippen LogP contribution in [0.1, 0.15) is 50.7 Å². The number of carbonyl (C=O) groups excluding carboxylic acids is 2. The first kappa shape index (κ1) is 24.3. The van der Waals surface area contributed by atoms with E-state index < -0.39 is 18.1 Å². The fraction of sp³-hybridized carbons (Fsp3) is 0.423. The zero-order chi connectivity index (χ0) is 24.0. The number of rotatable bonds is 10. The topological polar surface area (TPSA) is 105 Å². The average Bonchev–Trinajstić information content (AvgIpc) is 3.09. The van der Waals surface area contributed by atoms with Gasteiger partial charge in [-0.05, 0) is 40.5 Å². The Morgan fingerprint density at radius 3 is 2.09 bits per heavy atom. The van der Waals surface area contributed by atoms with Crippen LogP contribution in [-0.4, -0.2) is 42.3 Å². The Labute approximate surface area is 194 Å². The van der Waals surface area contributed by atoms with E-state index >= 15 is 0 Å². The first-order valence-corrected chi connectivity index (χ1v) is 11.4. The molecular weight excluding hydrogens is 420 g/mol. The highest BCUT2D eigenvalue weighted by Crippen LogP contribution is 2.44. The number of nitrogens with one attached hydrogen (secondary N) is 2. The van der Waals surface area contributed by atoms with Gasteiger partial charge in [-0.3, -0.25) is 4.79 Å². The maximum absolute atomic E-state index is 12.2. The van der Waals surface area contributed by atoms with Crippen LogP contribution in [0.3, 0.4) is 0 Å². The van der Waals surface area contributed by atoms with Crippen molar-refractivity contribution in [3.05, 3.63) is 59.7 Å². The van der Waals surface area contributed by atoms with Gasteiger partial charge in [0.15, 0.2) is 0 Å². The number of benzene rings is 2. The third-order valence-electron chi connectivity index (χ3n) is 6.03. The predicted molar refractivity (Wildman–Crippen MR) is 126 cm³/mol. The zero-order valence-corrected chi connectivity index (χ0v) is 19.3. The van der Waals surface area contributed by atoms with Crippen molar-refractivity contribution in [2.45, 2.75) is 45.6 Å². The lowest BCUT2D eigenvalue weighted by Crippen LogP contribution is -2.44. The van der Waals surface area contributed by atoms with E-state index in [9.17, 15) is 19.5 Å². The Kier molecular flexibility index (Phi) is 8.09. The molecule has 7 nitrogen and oxygen atoms in total. The zero-order valence-electron chi connectivity index (χ0n) is 19.3. The van der Waals surface area contributed by atoms with E-state index in [1.54, 1.807) is 13.8 Å². The minimum atomic E-state index is -1.04. The molecule has 7 heteroatoms. The normalized spacial score (nSPS) is 14.2. The molecule has 3 rings (SSSR count). The van der Waals surface area contributed by atoms with Crippen molar-refractivity contribution < 1.29 is 24.2 Å². The van der Waals surface area contributed by atoms with Gasteiger partial charge < -0.3 is 20.5 Å². The van der Waals surface area contributed by atoms with E-state index in [2.05, 4.69) is 34.9 Å². The van der Waals surface area contributed by atoms with Gasteiger partial charge in [-0.25, -0.2) is 9.59 Å². The molecule has 0 aromatic heterocycles. The molecule has 0 saturated carbocycles. The molecular formula is C26H32N2O5. The molecule has 176 valence electrons. The molecule has 0 heterocycles. The van der Waals surface area contributed by atoms with Gasteiger partial charge >= 0.3 is 12.1 Å². The molecule has 0 saturated heterocycles. The summed E-state index contributed by atoms with van der Waals surface area (Å²) in [4.78, 5) is 35.6. The summed E-state index contributed by atoms with van der Waals surface area (Å²) < 4.78 is 5.51. The number of ether oxygens (including phenoxy) is 1. The van der Waals surface area contributed by atoms with Gasteiger partial charge in [0, 0.05) is 18.9 Å². The van der Waals surface area contributed by atoms with E-state index in [1.165, 1.54) is 11.1 Å². The fourth-order valence-corrected chi connectivity index (χ4v) is 4.23. The Hall–Kier alpha value is -3.35. The second kappa shape index (κ2) is 11.0. The predicted octanol–water partition coefficient (Wildman–Crippen LogP) is 4.17. The molecule has 3 N–H and O–H groups in total. The second-order valence-electron chi connectivity index (χ2n) is 8.98. The van der Waals surface area contributed by atoms with Gasteiger partial charge in [0.05, 0.1) is 0 Å². The first-order chi connectivity index (χ1) is 15.8. The lowest BCUT2D eigenvalue weighted by molar-refractivity contribution is -0.143. The fourth-order valence-electron chi connectivity index (χ4n) is 4.23. The SMILES string of the molecule is CC(CCNC(=O)OCC1c2ccccc2-c2ccccc21)CC(=O)N[C@H](C(=O)O)C(C)C. The number of carbonyl (C=O) groups is 3. The molecule has 0 spiro atoms. The summed E-state index contributed by atoms with van der Waals surface area (Å²) in [6, 6.07) is 15.4. The molecule has 1 aliphatic carbocycles. The van der Waals surface area contributed by atoms with Crippen LogP contribution in [-0.2, 0) is 14.3 Å². The molecule has 33 heavy (non-hydrogen) atoms.